The van der Waals surface area contributed by atoms with Crippen LogP contribution in [-0.4, -0.2) is 41.9 Å². The highest BCUT2D eigenvalue weighted by molar-refractivity contribution is 6.31. The molecule has 0 unspecified atom stereocenters. The maximum absolute atomic E-state index is 14.0. The van der Waals surface area contributed by atoms with Crippen LogP contribution in [0.25, 0.3) is 0 Å². The largest absolute Gasteiger partial charge is 0.480 e. The second-order valence-corrected chi connectivity index (χ2v) is 6.54. The average Bonchev–Trinajstić information content (AvgIpc) is 2.69. The predicted octanol–water partition coefficient (Wildman–Crippen LogP) is 2.76. The molecular formula is C18H17ClF2N4O3. The van der Waals surface area contributed by atoms with E-state index >= 15 is 0 Å². The van der Waals surface area contributed by atoms with Crippen LogP contribution < -0.4 is 10.5 Å². The van der Waals surface area contributed by atoms with Gasteiger partial charge in [-0.3, -0.25) is 4.79 Å². The zero-order valence-electron chi connectivity index (χ0n) is 14.9. The van der Waals surface area contributed by atoms with E-state index < -0.39 is 12.0 Å². The lowest BCUT2D eigenvalue weighted by molar-refractivity contribution is 0.0267. The molecule has 1 aliphatic heterocycles. The van der Waals surface area contributed by atoms with E-state index in [9.17, 15) is 13.6 Å². The summed E-state index contributed by atoms with van der Waals surface area (Å²) < 4.78 is 37.8. The number of hydrogen-bond donors (Lipinski definition) is 1. The van der Waals surface area contributed by atoms with Crippen LogP contribution in [-0.2, 0) is 16.7 Å². The summed E-state index contributed by atoms with van der Waals surface area (Å²) in [5.41, 5.74) is 4.33. The lowest BCUT2D eigenvalue weighted by Gasteiger charge is -2.33. The van der Waals surface area contributed by atoms with Crippen molar-refractivity contribution < 1.29 is 23.0 Å². The number of halogens is 3. The van der Waals surface area contributed by atoms with Crippen LogP contribution in [0.15, 0.2) is 35.6 Å². The molecule has 0 saturated heterocycles. The van der Waals surface area contributed by atoms with E-state index in [1.54, 1.807) is 6.07 Å². The summed E-state index contributed by atoms with van der Waals surface area (Å²) in [5.74, 6) is -0.0521. The predicted molar refractivity (Wildman–Crippen MR) is 97.9 cm³/mol. The number of aromatic nitrogens is 2. The Hall–Kier alpha value is -2.81. The molecule has 3 rings (SSSR count). The molecule has 28 heavy (non-hydrogen) atoms. The molecule has 0 spiro atoms. The Morgan fingerprint density at radius 3 is 2.79 bits per heavy atom. The van der Waals surface area contributed by atoms with Gasteiger partial charge in [0.1, 0.15) is 5.69 Å². The number of ketones is 1. The third-order valence-corrected chi connectivity index (χ3v) is 4.72. The van der Waals surface area contributed by atoms with Crippen molar-refractivity contribution >= 4 is 23.4 Å². The fraction of sp³-hybridized carbons (Fsp3) is 0.333. The molecule has 0 amide bonds. The normalized spacial score (nSPS) is 19.1. The summed E-state index contributed by atoms with van der Waals surface area (Å²) in [6, 6.07) is 4.18. The smallest absolute Gasteiger partial charge is 0.283 e. The summed E-state index contributed by atoms with van der Waals surface area (Å²) in [4.78, 5) is 24.2. The van der Waals surface area contributed by atoms with Gasteiger partial charge in [0.15, 0.2) is 11.3 Å². The second-order valence-electron chi connectivity index (χ2n) is 6.13. The number of hydrogen-bond acceptors (Lipinski definition) is 7. The number of rotatable bonds is 6. The number of carbonyl (C=O) groups excluding carboxylic acids is 1. The highest BCUT2D eigenvalue weighted by Crippen LogP contribution is 2.42. The number of ether oxygens (including phenoxy) is 2. The van der Waals surface area contributed by atoms with E-state index in [0.717, 1.165) is 0 Å². The van der Waals surface area contributed by atoms with Gasteiger partial charge in [-0.1, -0.05) is 23.7 Å². The Labute approximate surface area is 164 Å². The second kappa shape index (κ2) is 8.05. The average molecular weight is 411 g/mol. The van der Waals surface area contributed by atoms with Gasteiger partial charge < -0.3 is 15.2 Å². The molecule has 0 radical (unpaired) electrons. The third-order valence-electron chi connectivity index (χ3n) is 4.39. The van der Waals surface area contributed by atoms with Crippen LogP contribution in [0.3, 0.4) is 0 Å². The number of benzene rings is 1. The summed E-state index contributed by atoms with van der Waals surface area (Å²) in [6.45, 7) is -0.0133. The van der Waals surface area contributed by atoms with Crippen LogP contribution in [0.5, 0.6) is 5.88 Å². The first-order chi connectivity index (χ1) is 13.4. The summed E-state index contributed by atoms with van der Waals surface area (Å²) in [5, 5.41) is 0.110. The molecule has 1 atom stereocenters. The number of carbonyl (C=O) groups is 1. The number of Topliss-reactive ketones (excluding diaryl/α,β-unsaturated/α-hetero) is 1. The van der Waals surface area contributed by atoms with Gasteiger partial charge in [-0.15, -0.1) is 0 Å². The van der Waals surface area contributed by atoms with Crippen molar-refractivity contribution in [3.05, 3.63) is 52.4 Å². The van der Waals surface area contributed by atoms with Crippen LogP contribution in [0.1, 0.15) is 28.0 Å². The molecule has 0 fully saturated rings. The monoisotopic (exact) mass is 410 g/mol. The van der Waals surface area contributed by atoms with Gasteiger partial charge >= 0.3 is 0 Å². The Kier molecular flexibility index (Phi) is 5.73. The SMILES string of the molecule is COc1cnc(C(=O)Cc2ccc(Cl)c([C@]3(C(F)F)CCOC(N)=N3)c2)cn1. The van der Waals surface area contributed by atoms with E-state index in [1.807, 2.05) is 0 Å². The summed E-state index contributed by atoms with van der Waals surface area (Å²) in [7, 11) is 1.44. The number of alkyl halides is 2. The zero-order chi connectivity index (χ0) is 20.3. The van der Waals surface area contributed by atoms with Crippen LogP contribution >= 0.6 is 11.6 Å². The number of amidine groups is 1. The fourth-order valence-electron chi connectivity index (χ4n) is 2.92. The van der Waals surface area contributed by atoms with Crippen molar-refractivity contribution in [1.82, 2.24) is 9.97 Å². The Morgan fingerprint density at radius 2 is 2.18 bits per heavy atom. The quantitative estimate of drug-likeness (QED) is 0.735. The number of nitrogens with zero attached hydrogens (tertiary/aromatic N) is 3. The molecule has 0 aliphatic carbocycles. The standard InChI is InChI=1S/C18H17ClF2N4O3/c1-27-15-9-23-13(8-24-15)14(26)7-10-2-3-12(19)11(6-10)18(16(20)21)4-5-28-17(22)25-18/h2-3,6,8-9,16H,4-5,7H2,1H3,(H2,22,25)/t18-/m0/s1. The minimum atomic E-state index is -2.86. The minimum Gasteiger partial charge on any atom is -0.480 e. The van der Waals surface area contributed by atoms with Gasteiger partial charge in [-0.05, 0) is 11.6 Å². The molecule has 1 aromatic heterocycles. The van der Waals surface area contributed by atoms with E-state index in [-0.39, 0.29) is 53.4 Å². The molecule has 148 valence electrons. The van der Waals surface area contributed by atoms with Gasteiger partial charge in [0, 0.05) is 23.4 Å². The van der Waals surface area contributed by atoms with Crippen molar-refractivity contribution in [1.29, 1.82) is 0 Å². The van der Waals surface area contributed by atoms with Crippen LogP contribution in [0.4, 0.5) is 8.78 Å². The molecule has 0 bridgehead atoms. The lowest BCUT2D eigenvalue weighted by Crippen LogP contribution is -2.41. The van der Waals surface area contributed by atoms with Crippen LogP contribution in [0.2, 0.25) is 5.02 Å². The first kappa shape index (κ1) is 19.9. The van der Waals surface area contributed by atoms with E-state index in [1.165, 1.54) is 31.6 Å². The van der Waals surface area contributed by atoms with Gasteiger partial charge in [0.25, 0.3) is 12.4 Å². The minimum absolute atomic E-state index is 0.0133. The molecule has 7 nitrogen and oxygen atoms in total. The van der Waals surface area contributed by atoms with Crippen molar-refractivity contribution in [3.63, 3.8) is 0 Å². The fourth-order valence-corrected chi connectivity index (χ4v) is 3.20. The van der Waals surface area contributed by atoms with Gasteiger partial charge in [0.2, 0.25) is 5.88 Å². The van der Waals surface area contributed by atoms with Gasteiger partial charge in [-0.2, -0.15) is 0 Å². The Bertz CT molecular complexity index is 908. The topological polar surface area (TPSA) is 99.7 Å². The van der Waals surface area contributed by atoms with Crippen molar-refractivity contribution in [3.8, 4) is 5.88 Å². The lowest BCUT2D eigenvalue weighted by atomic mass is 9.85. The van der Waals surface area contributed by atoms with E-state index in [2.05, 4.69) is 15.0 Å². The van der Waals surface area contributed by atoms with Gasteiger partial charge in [0.05, 0.1) is 26.1 Å². The Morgan fingerprint density at radius 1 is 1.39 bits per heavy atom. The molecule has 2 aromatic rings. The number of methoxy groups -OCH3 is 1. The molecule has 10 heteroatoms. The van der Waals surface area contributed by atoms with Crippen molar-refractivity contribution in [2.45, 2.75) is 24.8 Å². The molecule has 1 aliphatic rings. The third kappa shape index (κ3) is 3.89. The van der Waals surface area contributed by atoms with Gasteiger partial charge in [-0.25, -0.2) is 23.7 Å². The first-order valence-electron chi connectivity index (χ1n) is 8.30. The molecular weight excluding hydrogens is 394 g/mol. The highest BCUT2D eigenvalue weighted by Gasteiger charge is 2.45. The summed E-state index contributed by atoms with van der Waals surface area (Å²) >= 11 is 6.19. The zero-order valence-corrected chi connectivity index (χ0v) is 15.6. The number of nitrogens with two attached hydrogens (primary N) is 1. The molecule has 2 N–H and O–H groups in total. The number of aliphatic imine (C=N–C) groups is 1. The van der Waals surface area contributed by atoms with Crippen LogP contribution in [0, 0.1) is 0 Å². The first-order valence-corrected chi connectivity index (χ1v) is 8.68. The summed E-state index contributed by atoms with van der Waals surface area (Å²) in [6.07, 6.45) is -0.397. The Balaban J connectivity index is 1.92. The molecule has 2 heterocycles. The van der Waals surface area contributed by atoms with E-state index in [0.29, 0.717) is 5.56 Å². The molecule has 1 aromatic carbocycles. The van der Waals surface area contributed by atoms with Crippen molar-refractivity contribution in [2.24, 2.45) is 10.7 Å². The van der Waals surface area contributed by atoms with Crippen molar-refractivity contribution in [2.75, 3.05) is 13.7 Å². The van der Waals surface area contributed by atoms with E-state index in [4.69, 9.17) is 26.8 Å². The maximum atomic E-state index is 14.0. The maximum Gasteiger partial charge on any atom is 0.283 e. The highest BCUT2D eigenvalue weighted by atomic mass is 35.5. The molecule has 0 saturated carbocycles.